The van der Waals surface area contributed by atoms with Crippen molar-refractivity contribution in [2.24, 2.45) is 0 Å². The second kappa shape index (κ2) is 6.47. The summed E-state index contributed by atoms with van der Waals surface area (Å²) in [6.07, 6.45) is 0.817. The smallest absolute Gasteiger partial charge is 0.339 e. The fourth-order valence-electron chi connectivity index (χ4n) is 1.38. The Bertz CT molecular complexity index is 393. The lowest BCUT2D eigenvalue weighted by Gasteiger charge is -2.12. The highest BCUT2D eigenvalue weighted by molar-refractivity contribution is 6.32. The Morgan fingerprint density at radius 3 is 2.76 bits per heavy atom. The number of carboxylic acids is 1. The third-order valence-corrected chi connectivity index (χ3v) is 2.49. The molecule has 0 unspecified atom stereocenters. The van der Waals surface area contributed by atoms with Gasteiger partial charge in [-0.3, -0.25) is 0 Å². The van der Waals surface area contributed by atoms with Crippen molar-refractivity contribution >= 4 is 17.6 Å². The number of ether oxygens (including phenoxy) is 1. The maximum Gasteiger partial charge on any atom is 0.339 e. The first-order valence-corrected chi connectivity index (χ1v) is 5.69. The average Bonchev–Trinajstić information content (AvgIpc) is 2.25. The van der Waals surface area contributed by atoms with Crippen molar-refractivity contribution in [1.82, 2.24) is 4.90 Å². The summed E-state index contributed by atoms with van der Waals surface area (Å²) in [6.45, 7) is 1.33. The highest BCUT2D eigenvalue weighted by Gasteiger charge is 2.14. The van der Waals surface area contributed by atoms with Gasteiger partial charge in [0, 0.05) is 6.54 Å². The molecule has 1 aromatic rings. The standard InChI is InChI=1S/C12H16ClNO3/c1-14(2)7-4-8-17-11-9(12(15)16)5-3-6-10(11)13/h3,5-6H,4,7-8H2,1-2H3,(H,15,16). The van der Waals surface area contributed by atoms with Crippen LogP contribution in [0.25, 0.3) is 0 Å². The van der Waals surface area contributed by atoms with Gasteiger partial charge in [0.25, 0.3) is 0 Å². The molecule has 0 aliphatic carbocycles. The molecule has 0 aliphatic rings. The molecule has 0 bridgehead atoms. The van der Waals surface area contributed by atoms with E-state index >= 15 is 0 Å². The molecule has 5 heteroatoms. The number of para-hydroxylation sites is 1. The normalized spacial score (nSPS) is 10.6. The van der Waals surface area contributed by atoms with Crippen LogP contribution >= 0.6 is 11.6 Å². The molecule has 0 amide bonds. The number of carboxylic acid groups (broad SMARTS) is 1. The molecule has 17 heavy (non-hydrogen) atoms. The Balaban J connectivity index is 2.66. The van der Waals surface area contributed by atoms with E-state index in [0.717, 1.165) is 13.0 Å². The summed E-state index contributed by atoms with van der Waals surface area (Å²) < 4.78 is 5.44. The molecule has 0 fully saturated rings. The van der Waals surface area contributed by atoms with Crippen LogP contribution in [0.3, 0.4) is 0 Å². The summed E-state index contributed by atoms with van der Waals surface area (Å²) in [5.41, 5.74) is 0.0994. The van der Waals surface area contributed by atoms with E-state index in [1.807, 2.05) is 19.0 Å². The zero-order valence-electron chi connectivity index (χ0n) is 9.94. The van der Waals surface area contributed by atoms with Gasteiger partial charge in [0.1, 0.15) is 5.56 Å². The highest BCUT2D eigenvalue weighted by Crippen LogP contribution is 2.28. The number of rotatable bonds is 6. The molecule has 0 saturated carbocycles. The molecule has 1 rings (SSSR count). The van der Waals surface area contributed by atoms with Gasteiger partial charge in [-0.25, -0.2) is 4.79 Å². The number of halogens is 1. The molecule has 0 aliphatic heterocycles. The van der Waals surface area contributed by atoms with Gasteiger partial charge in [0.05, 0.1) is 11.6 Å². The van der Waals surface area contributed by atoms with Gasteiger partial charge in [-0.1, -0.05) is 17.7 Å². The number of benzene rings is 1. The van der Waals surface area contributed by atoms with Crippen molar-refractivity contribution in [2.45, 2.75) is 6.42 Å². The number of aromatic carboxylic acids is 1. The summed E-state index contributed by atoms with van der Waals surface area (Å²) in [5.74, 6) is -0.782. The minimum absolute atomic E-state index is 0.0994. The zero-order valence-corrected chi connectivity index (χ0v) is 10.7. The molecule has 94 valence electrons. The molecule has 0 atom stereocenters. The second-order valence-corrected chi connectivity index (χ2v) is 4.33. The predicted molar refractivity (Wildman–Crippen MR) is 67.1 cm³/mol. The van der Waals surface area contributed by atoms with Crippen LogP contribution in [0.5, 0.6) is 5.75 Å². The molecule has 0 aromatic heterocycles. The minimum Gasteiger partial charge on any atom is -0.491 e. The van der Waals surface area contributed by atoms with Gasteiger partial charge in [-0.05, 0) is 32.6 Å². The van der Waals surface area contributed by atoms with Crippen molar-refractivity contribution < 1.29 is 14.6 Å². The Kier molecular flexibility index (Phi) is 5.25. The zero-order chi connectivity index (χ0) is 12.8. The van der Waals surface area contributed by atoms with E-state index < -0.39 is 5.97 Å². The highest BCUT2D eigenvalue weighted by atomic mass is 35.5. The summed E-state index contributed by atoms with van der Waals surface area (Å²) in [6, 6.07) is 4.70. The Morgan fingerprint density at radius 1 is 1.47 bits per heavy atom. The number of hydrogen-bond donors (Lipinski definition) is 1. The topological polar surface area (TPSA) is 49.8 Å². The summed E-state index contributed by atoms with van der Waals surface area (Å²) in [4.78, 5) is 13.0. The average molecular weight is 258 g/mol. The molecular weight excluding hydrogens is 242 g/mol. The van der Waals surface area contributed by atoms with Crippen molar-refractivity contribution in [3.63, 3.8) is 0 Å². The first-order chi connectivity index (χ1) is 8.02. The van der Waals surface area contributed by atoms with Gasteiger partial charge >= 0.3 is 5.97 Å². The Hall–Kier alpha value is -1.26. The van der Waals surface area contributed by atoms with Crippen LogP contribution in [-0.2, 0) is 0 Å². The van der Waals surface area contributed by atoms with E-state index in [9.17, 15) is 4.79 Å². The monoisotopic (exact) mass is 257 g/mol. The molecule has 0 spiro atoms. The van der Waals surface area contributed by atoms with E-state index in [4.69, 9.17) is 21.4 Å². The lowest BCUT2D eigenvalue weighted by Crippen LogP contribution is -2.16. The lowest BCUT2D eigenvalue weighted by molar-refractivity contribution is 0.0692. The summed E-state index contributed by atoms with van der Waals surface area (Å²) >= 11 is 5.92. The van der Waals surface area contributed by atoms with E-state index in [1.165, 1.54) is 6.07 Å². The first kappa shape index (κ1) is 13.8. The number of hydrogen-bond acceptors (Lipinski definition) is 3. The fourth-order valence-corrected chi connectivity index (χ4v) is 1.61. The molecule has 0 radical (unpaired) electrons. The Morgan fingerprint density at radius 2 is 2.18 bits per heavy atom. The second-order valence-electron chi connectivity index (χ2n) is 3.93. The van der Waals surface area contributed by atoms with Gasteiger partial charge in [-0.2, -0.15) is 0 Å². The third kappa shape index (κ3) is 4.24. The SMILES string of the molecule is CN(C)CCCOc1c(Cl)cccc1C(=O)O. The van der Waals surface area contributed by atoms with Crippen LogP contribution in [0, 0.1) is 0 Å². The van der Waals surface area contributed by atoms with Crippen molar-refractivity contribution in [2.75, 3.05) is 27.2 Å². The van der Waals surface area contributed by atoms with Crippen LogP contribution in [-0.4, -0.2) is 43.2 Å². The van der Waals surface area contributed by atoms with E-state index in [2.05, 4.69) is 0 Å². The van der Waals surface area contributed by atoms with Crippen LogP contribution in [0.4, 0.5) is 0 Å². The minimum atomic E-state index is -1.03. The fraction of sp³-hybridized carbons (Fsp3) is 0.417. The number of carbonyl (C=O) groups is 1. The van der Waals surface area contributed by atoms with Gasteiger partial charge in [0.15, 0.2) is 5.75 Å². The maximum absolute atomic E-state index is 11.0. The summed E-state index contributed by atoms with van der Waals surface area (Å²) in [5, 5.41) is 9.32. The lowest BCUT2D eigenvalue weighted by atomic mass is 10.2. The molecule has 0 saturated heterocycles. The van der Waals surface area contributed by atoms with Crippen LogP contribution in [0.1, 0.15) is 16.8 Å². The van der Waals surface area contributed by atoms with Gasteiger partial charge in [-0.15, -0.1) is 0 Å². The predicted octanol–water partition coefficient (Wildman–Crippen LogP) is 2.37. The van der Waals surface area contributed by atoms with E-state index in [0.29, 0.717) is 11.6 Å². The molecule has 1 aromatic carbocycles. The quantitative estimate of drug-likeness (QED) is 0.795. The first-order valence-electron chi connectivity index (χ1n) is 5.31. The molecule has 4 nitrogen and oxygen atoms in total. The third-order valence-electron chi connectivity index (χ3n) is 2.19. The maximum atomic E-state index is 11.0. The molecule has 1 N–H and O–H groups in total. The summed E-state index contributed by atoms with van der Waals surface area (Å²) in [7, 11) is 3.94. The number of nitrogens with zero attached hydrogens (tertiary/aromatic N) is 1. The molecular formula is C12H16ClNO3. The van der Waals surface area contributed by atoms with Gasteiger partial charge in [0.2, 0.25) is 0 Å². The van der Waals surface area contributed by atoms with Crippen molar-refractivity contribution in [3.8, 4) is 5.75 Å². The van der Waals surface area contributed by atoms with Crippen molar-refractivity contribution in [3.05, 3.63) is 28.8 Å². The largest absolute Gasteiger partial charge is 0.491 e. The van der Waals surface area contributed by atoms with Gasteiger partial charge < -0.3 is 14.7 Å². The van der Waals surface area contributed by atoms with E-state index in [1.54, 1.807) is 12.1 Å². The van der Waals surface area contributed by atoms with Crippen LogP contribution in [0.15, 0.2) is 18.2 Å². The Labute approximate surface area is 106 Å². The van der Waals surface area contributed by atoms with E-state index in [-0.39, 0.29) is 11.3 Å². The van der Waals surface area contributed by atoms with Crippen LogP contribution in [0.2, 0.25) is 5.02 Å². The van der Waals surface area contributed by atoms with Crippen molar-refractivity contribution in [1.29, 1.82) is 0 Å². The molecule has 0 heterocycles. The van der Waals surface area contributed by atoms with Crippen LogP contribution < -0.4 is 4.74 Å².